The second-order valence-electron chi connectivity index (χ2n) is 4.24. The van der Waals surface area contributed by atoms with E-state index in [1.165, 1.54) is 5.57 Å². The molecule has 1 fully saturated rings. The number of anilines is 1. The summed E-state index contributed by atoms with van der Waals surface area (Å²) in [6.07, 6.45) is 3.52. The Morgan fingerprint density at radius 3 is 2.58 bits per heavy atom. The van der Waals surface area contributed by atoms with Gasteiger partial charge in [-0.2, -0.15) is 0 Å². The van der Waals surface area contributed by atoms with E-state index >= 15 is 0 Å². The molecule has 0 bridgehead atoms. The Kier molecular flexibility index (Phi) is 4.80. The first-order valence-electron chi connectivity index (χ1n) is 6.25. The highest BCUT2D eigenvalue weighted by molar-refractivity contribution is 5.89. The molecular formula is C14H18N2O3. The average Bonchev–Trinajstić information content (AvgIpc) is 2.47. The number of methoxy groups -OCH3 is 1. The fraction of sp³-hybridized carbons (Fsp3) is 0.357. The highest BCUT2D eigenvalue weighted by atomic mass is 16.5. The van der Waals surface area contributed by atoms with E-state index in [2.05, 4.69) is 10.6 Å². The summed E-state index contributed by atoms with van der Waals surface area (Å²) in [5.41, 5.74) is 1.93. The van der Waals surface area contributed by atoms with Crippen molar-refractivity contribution in [2.75, 3.05) is 25.6 Å². The molecule has 5 heteroatoms. The van der Waals surface area contributed by atoms with Gasteiger partial charge in [0.1, 0.15) is 5.75 Å². The zero-order chi connectivity index (χ0) is 13.5. The average molecular weight is 262 g/mol. The van der Waals surface area contributed by atoms with Gasteiger partial charge in [-0.05, 0) is 42.7 Å². The van der Waals surface area contributed by atoms with Crippen LogP contribution in [0.5, 0.6) is 5.75 Å². The maximum absolute atomic E-state index is 11.7. The number of urea groups is 1. The maximum atomic E-state index is 11.7. The summed E-state index contributed by atoms with van der Waals surface area (Å²) in [5.74, 6) is 0.760. The van der Waals surface area contributed by atoms with E-state index in [-0.39, 0.29) is 6.03 Å². The van der Waals surface area contributed by atoms with E-state index in [1.54, 1.807) is 37.6 Å². The van der Waals surface area contributed by atoms with Crippen LogP contribution in [0.15, 0.2) is 36.0 Å². The summed E-state index contributed by atoms with van der Waals surface area (Å²) in [4.78, 5) is 11.7. The van der Waals surface area contributed by atoms with Crippen LogP contribution in [0.1, 0.15) is 12.8 Å². The molecule has 19 heavy (non-hydrogen) atoms. The van der Waals surface area contributed by atoms with Crippen LogP contribution in [-0.2, 0) is 4.74 Å². The van der Waals surface area contributed by atoms with E-state index in [9.17, 15) is 4.79 Å². The Hall–Kier alpha value is -2.01. The molecule has 2 rings (SSSR count). The Labute approximate surface area is 112 Å². The normalized spacial score (nSPS) is 14.7. The van der Waals surface area contributed by atoms with Crippen molar-refractivity contribution in [2.45, 2.75) is 12.8 Å². The third-order valence-electron chi connectivity index (χ3n) is 2.89. The number of nitrogens with one attached hydrogen (secondary N) is 2. The molecule has 0 atom stereocenters. The SMILES string of the molecule is COc1ccc(NC(=O)NC=C2CCOCC2)cc1. The van der Waals surface area contributed by atoms with Gasteiger partial charge in [-0.3, -0.25) is 0 Å². The lowest BCUT2D eigenvalue weighted by molar-refractivity contribution is 0.119. The fourth-order valence-corrected chi connectivity index (χ4v) is 1.79. The molecule has 0 unspecified atom stereocenters. The molecule has 2 amide bonds. The minimum absolute atomic E-state index is 0.246. The number of amides is 2. The van der Waals surface area contributed by atoms with Crippen molar-refractivity contribution in [3.8, 4) is 5.75 Å². The molecule has 0 aliphatic carbocycles. The Morgan fingerprint density at radius 1 is 1.26 bits per heavy atom. The molecule has 0 radical (unpaired) electrons. The van der Waals surface area contributed by atoms with Gasteiger partial charge in [0.25, 0.3) is 0 Å². The summed E-state index contributed by atoms with van der Waals surface area (Å²) in [7, 11) is 1.61. The molecule has 2 N–H and O–H groups in total. The van der Waals surface area contributed by atoms with E-state index in [4.69, 9.17) is 9.47 Å². The number of benzene rings is 1. The van der Waals surface area contributed by atoms with Crippen LogP contribution < -0.4 is 15.4 Å². The summed E-state index contributed by atoms with van der Waals surface area (Å²) in [6, 6.07) is 6.93. The molecule has 1 aromatic carbocycles. The molecule has 5 nitrogen and oxygen atoms in total. The lowest BCUT2D eigenvalue weighted by Crippen LogP contribution is -2.25. The molecule has 102 valence electrons. The van der Waals surface area contributed by atoms with Crippen molar-refractivity contribution in [3.63, 3.8) is 0 Å². The van der Waals surface area contributed by atoms with Crippen LogP contribution in [0.25, 0.3) is 0 Å². The predicted octanol–water partition coefficient (Wildman–Crippen LogP) is 2.51. The zero-order valence-electron chi connectivity index (χ0n) is 10.9. The highest BCUT2D eigenvalue weighted by Crippen LogP contribution is 2.15. The van der Waals surface area contributed by atoms with Crippen molar-refractivity contribution in [2.24, 2.45) is 0 Å². The highest BCUT2D eigenvalue weighted by Gasteiger charge is 2.06. The molecule has 0 spiro atoms. The molecule has 1 aliphatic heterocycles. The van der Waals surface area contributed by atoms with Crippen molar-refractivity contribution in [1.29, 1.82) is 0 Å². The first-order valence-corrected chi connectivity index (χ1v) is 6.25. The second kappa shape index (κ2) is 6.80. The number of carbonyl (C=O) groups excluding carboxylic acids is 1. The number of rotatable bonds is 3. The summed E-state index contributed by atoms with van der Waals surface area (Å²) in [5, 5.41) is 5.48. The van der Waals surface area contributed by atoms with Crippen molar-refractivity contribution in [1.82, 2.24) is 5.32 Å². The molecule has 1 saturated heterocycles. The maximum Gasteiger partial charge on any atom is 0.323 e. The number of carbonyl (C=O) groups is 1. The van der Waals surface area contributed by atoms with Gasteiger partial charge in [0.05, 0.1) is 20.3 Å². The van der Waals surface area contributed by atoms with Gasteiger partial charge in [-0.1, -0.05) is 0 Å². The van der Waals surface area contributed by atoms with Crippen LogP contribution in [0, 0.1) is 0 Å². The molecule has 1 heterocycles. The minimum atomic E-state index is -0.246. The zero-order valence-corrected chi connectivity index (χ0v) is 10.9. The fourth-order valence-electron chi connectivity index (χ4n) is 1.79. The third kappa shape index (κ3) is 4.30. The van der Waals surface area contributed by atoms with Gasteiger partial charge >= 0.3 is 6.03 Å². The predicted molar refractivity (Wildman–Crippen MR) is 73.3 cm³/mol. The van der Waals surface area contributed by atoms with Crippen molar-refractivity contribution >= 4 is 11.7 Å². The van der Waals surface area contributed by atoms with Crippen LogP contribution in [-0.4, -0.2) is 26.4 Å². The molecular weight excluding hydrogens is 244 g/mol. The summed E-state index contributed by atoms with van der Waals surface area (Å²) < 4.78 is 10.3. The van der Waals surface area contributed by atoms with Gasteiger partial charge in [0, 0.05) is 11.9 Å². The topological polar surface area (TPSA) is 59.6 Å². The molecule has 0 aromatic heterocycles. The Morgan fingerprint density at radius 2 is 1.95 bits per heavy atom. The van der Waals surface area contributed by atoms with E-state index < -0.39 is 0 Å². The summed E-state index contributed by atoms with van der Waals surface area (Å²) >= 11 is 0. The smallest absolute Gasteiger partial charge is 0.323 e. The van der Waals surface area contributed by atoms with Crippen molar-refractivity contribution in [3.05, 3.63) is 36.0 Å². The third-order valence-corrected chi connectivity index (χ3v) is 2.89. The van der Waals surface area contributed by atoms with Gasteiger partial charge in [0.15, 0.2) is 0 Å². The van der Waals surface area contributed by atoms with Gasteiger partial charge in [-0.15, -0.1) is 0 Å². The Balaban J connectivity index is 1.82. The van der Waals surface area contributed by atoms with Crippen molar-refractivity contribution < 1.29 is 14.3 Å². The number of ether oxygens (including phenoxy) is 2. The monoisotopic (exact) mass is 262 g/mol. The number of hydrogen-bond acceptors (Lipinski definition) is 3. The largest absolute Gasteiger partial charge is 0.497 e. The van der Waals surface area contributed by atoms with E-state index in [0.29, 0.717) is 0 Å². The standard InChI is InChI=1S/C14H18N2O3/c1-18-13-4-2-12(3-5-13)16-14(17)15-10-11-6-8-19-9-7-11/h2-5,10H,6-9H2,1H3,(H2,15,16,17). The second-order valence-corrected chi connectivity index (χ2v) is 4.24. The molecule has 1 aliphatic rings. The first kappa shape index (κ1) is 13.4. The first-order chi connectivity index (χ1) is 9.28. The van der Waals surface area contributed by atoms with Crippen LogP contribution in [0.2, 0.25) is 0 Å². The quantitative estimate of drug-likeness (QED) is 0.880. The molecule has 0 saturated carbocycles. The van der Waals surface area contributed by atoms with E-state index in [1.807, 2.05) is 0 Å². The van der Waals surface area contributed by atoms with Crippen LogP contribution in [0.4, 0.5) is 10.5 Å². The van der Waals surface area contributed by atoms with Gasteiger partial charge in [0.2, 0.25) is 0 Å². The number of hydrogen-bond donors (Lipinski definition) is 2. The minimum Gasteiger partial charge on any atom is -0.497 e. The van der Waals surface area contributed by atoms with Gasteiger partial charge < -0.3 is 20.1 Å². The summed E-state index contributed by atoms with van der Waals surface area (Å²) in [6.45, 7) is 1.46. The Bertz CT molecular complexity index is 446. The van der Waals surface area contributed by atoms with Crippen LogP contribution >= 0.6 is 0 Å². The van der Waals surface area contributed by atoms with Crippen LogP contribution in [0.3, 0.4) is 0 Å². The lowest BCUT2D eigenvalue weighted by Gasteiger charge is -2.14. The van der Waals surface area contributed by atoms with Gasteiger partial charge in [-0.25, -0.2) is 4.79 Å². The van der Waals surface area contributed by atoms with E-state index in [0.717, 1.165) is 37.5 Å². The lowest BCUT2D eigenvalue weighted by atomic mass is 10.1. The molecule has 1 aromatic rings.